The lowest BCUT2D eigenvalue weighted by atomic mass is 10.2. The second-order valence-electron chi connectivity index (χ2n) is 4.99. The van der Waals surface area contributed by atoms with E-state index < -0.39 is 0 Å². The van der Waals surface area contributed by atoms with Gasteiger partial charge in [0.05, 0.1) is 12.7 Å². The number of hydrogen-bond acceptors (Lipinski definition) is 4. The number of aromatic nitrogens is 2. The summed E-state index contributed by atoms with van der Waals surface area (Å²) in [5.41, 5.74) is 1.50. The molecule has 120 valence electrons. The first-order chi connectivity index (χ1) is 11.7. The highest BCUT2D eigenvalue weighted by Gasteiger charge is 2.09. The summed E-state index contributed by atoms with van der Waals surface area (Å²) >= 11 is 0. The minimum atomic E-state index is -0.363. The summed E-state index contributed by atoms with van der Waals surface area (Å²) in [6, 6.07) is 12.9. The molecule has 1 N–H and O–H groups in total. The molecule has 0 unspecified atom stereocenters. The number of halogens is 1. The van der Waals surface area contributed by atoms with Crippen molar-refractivity contribution in [2.45, 2.75) is 0 Å². The van der Waals surface area contributed by atoms with Crippen molar-refractivity contribution in [1.82, 2.24) is 9.97 Å². The van der Waals surface area contributed by atoms with Crippen molar-refractivity contribution in [3.05, 3.63) is 72.3 Å². The maximum absolute atomic E-state index is 13.2. The Morgan fingerprint density at radius 1 is 1.08 bits per heavy atom. The van der Waals surface area contributed by atoms with Gasteiger partial charge >= 0.3 is 0 Å². The number of ether oxygens (including phenoxy) is 1. The van der Waals surface area contributed by atoms with Crippen LogP contribution >= 0.6 is 0 Å². The van der Waals surface area contributed by atoms with Crippen molar-refractivity contribution < 1.29 is 13.9 Å². The fraction of sp³-hybridized carbons (Fsp3) is 0.0556. The molecule has 24 heavy (non-hydrogen) atoms. The number of nitrogens with zero attached hydrogens (tertiary/aromatic N) is 2. The van der Waals surface area contributed by atoms with Gasteiger partial charge in [-0.25, -0.2) is 14.4 Å². The molecule has 0 saturated heterocycles. The molecule has 0 saturated carbocycles. The lowest BCUT2D eigenvalue weighted by molar-refractivity contribution is 0.102. The van der Waals surface area contributed by atoms with Crippen LogP contribution in [0.3, 0.4) is 0 Å². The van der Waals surface area contributed by atoms with Crippen molar-refractivity contribution >= 4 is 11.6 Å². The van der Waals surface area contributed by atoms with E-state index in [2.05, 4.69) is 15.3 Å². The highest BCUT2D eigenvalue weighted by Crippen LogP contribution is 2.17. The molecule has 0 fully saturated rings. The highest BCUT2D eigenvalue weighted by molar-refractivity contribution is 6.03. The predicted octanol–water partition coefficient (Wildman–Crippen LogP) is 3.54. The van der Waals surface area contributed by atoms with Gasteiger partial charge in [0.25, 0.3) is 5.91 Å². The van der Waals surface area contributed by atoms with Gasteiger partial charge in [-0.3, -0.25) is 4.79 Å². The smallest absolute Gasteiger partial charge is 0.258 e. The zero-order valence-corrected chi connectivity index (χ0v) is 12.9. The number of benzene rings is 2. The molecule has 3 rings (SSSR count). The Kier molecular flexibility index (Phi) is 4.47. The van der Waals surface area contributed by atoms with E-state index in [9.17, 15) is 9.18 Å². The van der Waals surface area contributed by atoms with Crippen LogP contribution in [0.5, 0.6) is 5.75 Å². The van der Waals surface area contributed by atoms with E-state index in [0.29, 0.717) is 28.4 Å². The molecule has 1 heterocycles. The Balaban J connectivity index is 1.73. The Hall–Kier alpha value is -3.28. The van der Waals surface area contributed by atoms with Crippen LogP contribution < -0.4 is 10.1 Å². The summed E-state index contributed by atoms with van der Waals surface area (Å²) in [4.78, 5) is 20.4. The topological polar surface area (TPSA) is 64.1 Å². The number of anilines is 1. The fourth-order valence-electron chi connectivity index (χ4n) is 2.10. The zero-order chi connectivity index (χ0) is 16.9. The average Bonchev–Trinajstić information content (AvgIpc) is 2.62. The number of carbonyl (C=O) groups excluding carboxylic acids is 1. The molecule has 0 aliphatic rings. The van der Waals surface area contributed by atoms with Crippen LogP contribution in [0.4, 0.5) is 10.1 Å². The molecule has 0 aliphatic carbocycles. The van der Waals surface area contributed by atoms with Crippen LogP contribution in [0.25, 0.3) is 11.4 Å². The molecule has 0 spiro atoms. The van der Waals surface area contributed by atoms with E-state index in [1.54, 1.807) is 43.5 Å². The van der Waals surface area contributed by atoms with Crippen molar-refractivity contribution in [2.75, 3.05) is 12.4 Å². The Morgan fingerprint density at radius 3 is 2.42 bits per heavy atom. The van der Waals surface area contributed by atoms with Gasteiger partial charge in [-0.1, -0.05) is 12.1 Å². The van der Waals surface area contributed by atoms with Crippen molar-refractivity contribution in [2.24, 2.45) is 0 Å². The number of methoxy groups -OCH3 is 1. The third kappa shape index (κ3) is 3.55. The van der Waals surface area contributed by atoms with E-state index in [0.717, 1.165) is 0 Å². The standard InChI is InChI=1S/C18H14FN3O2/c1-24-16-7-5-15(6-8-16)22-18(23)13-10-20-17(21-11-13)12-3-2-4-14(19)9-12/h2-11H,1H3,(H,22,23). The monoisotopic (exact) mass is 323 g/mol. The quantitative estimate of drug-likeness (QED) is 0.797. The zero-order valence-electron chi connectivity index (χ0n) is 12.9. The second kappa shape index (κ2) is 6.87. The largest absolute Gasteiger partial charge is 0.497 e. The molecule has 3 aromatic rings. The Morgan fingerprint density at radius 2 is 1.79 bits per heavy atom. The van der Waals surface area contributed by atoms with E-state index in [4.69, 9.17) is 4.74 Å². The lowest BCUT2D eigenvalue weighted by Gasteiger charge is -2.06. The summed E-state index contributed by atoms with van der Waals surface area (Å²) in [5, 5.41) is 2.74. The van der Waals surface area contributed by atoms with Gasteiger partial charge in [-0.2, -0.15) is 0 Å². The molecule has 5 nitrogen and oxygen atoms in total. The van der Waals surface area contributed by atoms with Crippen molar-refractivity contribution in [3.8, 4) is 17.1 Å². The van der Waals surface area contributed by atoms with E-state index in [-0.39, 0.29) is 11.7 Å². The third-order valence-corrected chi connectivity index (χ3v) is 3.34. The van der Waals surface area contributed by atoms with E-state index in [1.807, 2.05) is 0 Å². The van der Waals surface area contributed by atoms with Crippen LogP contribution in [-0.2, 0) is 0 Å². The van der Waals surface area contributed by atoms with Crippen LogP contribution in [0.1, 0.15) is 10.4 Å². The SMILES string of the molecule is COc1ccc(NC(=O)c2cnc(-c3cccc(F)c3)nc2)cc1. The van der Waals surface area contributed by atoms with Gasteiger partial charge in [0.15, 0.2) is 5.82 Å². The fourth-order valence-corrected chi connectivity index (χ4v) is 2.10. The molecule has 0 bridgehead atoms. The highest BCUT2D eigenvalue weighted by atomic mass is 19.1. The molecular formula is C18H14FN3O2. The van der Waals surface area contributed by atoms with E-state index in [1.165, 1.54) is 24.5 Å². The van der Waals surface area contributed by atoms with Gasteiger partial charge in [0.2, 0.25) is 0 Å². The molecule has 0 atom stereocenters. The lowest BCUT2D eigenvalue weighted by Crippen LogP contribution is -2.12. The van der Waals surface area contributed by atoms with Crippen molar-refractivity contribution in [1.29, 1.82) is 0 Å². The summed E-state index contributed by atoms with van der Waals surface area (Å²) in [5.74, 6) is 0.370. The van der Waals surface area contributed by atoms with Crippen LogP contribution in [-0.4, -0.2) is 23.0 Å². The van der Waals surface area contributed by atoms with Gasteiger partial charge < -0.3 is 10.1 Å². The maximum Gasteiger partial charge on any atom is 0.258 e. The molecular weight excluding hydrogens is 309 g/mol. The number of rotatable bonds is 4. The van der Waals surface area contributed by atoms with Crippen LogP contribution in [0.15, 0.2) is 60.9 Å². The second-order valence-corrected chi connectivity index (χ2v) is 4.99. The summed E-state index contributed by atoms with van der Waals surface area (Å²) in [6.45, 7) is 0. The summed E-state index contributed by atoms with van der Waals surface area (Å²) in [6.07, 6.45) is 2.82. The Labute approximate surface area is 138 Å². The van der Waals surface area contributed by atoms with Gasteiger partial charge in [-0.15, -0.1) is 0 Å². The number of carbonyl (C=O) groups is 1. The predicted molar refractivity (Wildman–Crippen MR) is 88.4 cm³/mol. The minimum Gasteiger partial charge on any atom is -0.497 e. The molecule has 0 aliphatic heterocycles. The van der Waals surface area contributed by atoms with Crippen molar-refractivity contribution in [3.63, 3.8) is 0 Å². The number of nitrogens with one attached hydrogen (secondary N) is 1. The van der Waals surface area contributed by atoms with E-state index >= 15 is 0 Å². The van der Waals surface area contributed by atoms with Crippen LogP contribution in [0, 0.1) is 5.82 Å². The molecule has 1 amide bonds. The van der Waals surface area contributed by atoms with Crippen LogP contribution in [0.2, 0.25) is 0 Å². The maximum atomic E-state index is 13.2. The minimum absolute atomic E-state index is 0.311. The molecule has 0 radical (unpaired) electrons. The normalized spacial score (nSPS) is 10.2. The first-order valence-corrected chi connectivity index (χ1v) is 7.19. The Bertz CT molecular complexity index is 849. The molecule has 1 aromatic heterocycles. The number of amides is 1. The third-order valence-electron chi connectivity index (χ3n) is 3.34. The van der Waals surface area contributed by atoms with Gasteiger partial charge in [0, 0.05) is 23.6 Å². The van der Waals surface area contributed by atoms with Gasteiger partial charge in [-0.05, 0) is 36.4 Å². The molecule has 2 aromatic carbocycles. The molecule has 6 heteroatoms. The van der Waals surface area contributed by atoms with Gasteiger partial charge in [0.1, 0.15) is 11.6 Å². The summed E-state index contributed by atoms with van der Waals surface area (Å²) < 4.78 is 18.3. The average molecular weight is 323 g/mol. The first kappa shape index (κ1) is 15.6. The summed E-state index contributed by atoms with van der Waals surface area (Å²) in [7, 11) is 1.57. The number of hydrogen-bond donors (Lipinski definition) is 1. The first-order valence-electron chi connectivity index (χ1n) is 7.19.